The van der Waals surface area contributed by atoms with Gasteiger partial charge in [0.15, 0.2) is 5.76 Å². The van der Waals surface area contributed by atoms with Gasteiger partial charge in [-0.05, 0) is 48.4 Å². The highest BCUT2D eigenvalue weighted by atomic mass is 35.5. The molecular weight excluding hydrogens is 417 g/mol. The van der Waals surface area contributed by atoms with Crippen molar-refractivity contribution in [2.45, 2.75) is 6.92 Å². The number of carbonyl (C=O) groups is 2. The number of hydrogen-bond acceptors (Lipinski definition) is 3. The molecule has 3 aromatic carbocycles. The van der Waals surface area contributed by atoms with Gasteiger partial charge in [-0.2, -0.15) is 0 Å². The summed E-state index contributed by atoms with van der Waals surface area (Å²) in [6.45, 7) is 1.61. The van der Waals surface area contributed by atoms with Crippen LogP contribution in [0.15, 0.2) is 77.2 Å². The maximum absolute atomic E-state index is 14.0. The van der Waals surface area contributed by atoms with Crippen molar-refractivity contribution in [3.63, 3.8) is 0 Å². The zero-order valence-corrected chi connectivity index (χ0v) is 17.2. The van der Waals surface area contributed by atoms with E-state index >= 15 is 0 Å². The van der Waals surface area contributed by atoms with E-state index in [0.717, 1.165) is 6.07 Å². The van der Waals surface area contributed by atoms with Gasteiger partial charge in [0.25, 0.3) is 0 Å². The first-order valence-electron chi connectivity index (χ1n) is 9.50. The van der Waals surface area contributed by atoms with E-state index in [1.807, 2.05) is 6.07 Å². The molecule has 0 aliphatic carbocycles. The van der Waals surface area contributed by atoms with E-state index < -0.39 is 17.5 Å². The van der Waals surface area contributed by atoms with Crippen LogP contribution in [0.1, 0.15) is 27.2 Å². The van der Waals surface area contributed by atoms with Gasteiger partial charge in [0.1, 0.15) is 11.4 Å². The van der Waals surface area contributed by atoms with Gasteiger partial charge in [0.05, 0.1) is 5.69 Å². The zero-order chi connectivity index (χ0) is 22.0. The van der Waals surface area contributed by atoms with Crippen LogP contribution in [-0.4, -0.2) is 11.7 Å². The van der Waals surface area contributed by atoms with Gasteiger partial charge >= 0.3 is 0 Å². The monoisotopic (exact) mass is 433 g/mol. The van der Waals surface area contributed by atoms with Crippen LogP contribution in [0, 0.1) is 12.7 Å². The number of halogens is 2. The topological polar surface area (TPSA) is 59.3 Å². The molecule has 4 rings (SSSR count). The average molecular weight is 434 g/mol. The fourth-order valence-electron chi connectivity index (χ4n) is 3.14. The highest BCUT2D eigenvalue weighted by Crippen LogP contribution is 2.33. The molecule has 0 atom stereocenters. The lowest BCUT2D eigenvalue weighted by Gasteiger charge is -2.05. The molecule has 0 radical (unpaired) electrons. The molecule has 0 bridgehead atoms. The Morgan fingerprint density at radius 1 is 1.03 bits per heavy atom. The van der Waals surface area contributed by atoms with Crippen molar-refractivity contribution in [2.24, 2.45) is 0 Å². The Labute approximate surface area is 182 Å². The number of benzene rings is 3. The average Bonchev–Trinajstić information content (AvgIpc) is 3.13. The number of para-hydroxylation sites is 1. The summed E-state index contributed by atoms with van der Waals surface area (Å²) >= 11 is 6.11. The maximum Gasteiger partial charge on any atom is 0.248 e. The highest BCUT2D eigenvalue weighted by molar-refractivity contribution is 6.32. The first-order chi connectivity index (χ1) is 14.9. The van der Waals surface area contributed by atoms with E-state index in [0.29, 0.717) is 27.1 Å². The van der Waals surface area contributed by atoms with Gasteiger partial charge in [-0.15, -0.1) is 0 Å². The number of hydrogen-bond donors (Lipinski definition) is 1. The summed E-state index contributed by atoms with van der Waals surface area (Å²) < 4.78 is 19.7. The van der Waals surface area contributed by atoms with E-state index in [4.69, 9.17) is 16.0 Å². The Kier molecular flexibility index (Phi) is 5.69. The molecule has 0 fully saturated rings. The normalized spacial score (nSPS) is 11.2. The van der Waals surface area contributed by atoms with Gasteiger partial charge in [-0.25, -0.2) is 4.39 Å². The Morgan fingerprint density at radius 2 is 1.77 bits per heavy atom. The predicted molar refractivity (Wildman–Crippen MR) is 120 cm³/mol. The maximum atomic E-state index is 14.0. The van der Waals surface area contributed by atoms with Gasteiger partial charge in [0, 0.05) is 22.0 Å². The van der Waals surface area contributed by atoms with Crippen molar-refractivity contribution in [2.75, 3.05) is 5.32 Å². The summed E-state index contributed by atoms with van der Waals surface area (Å²) in [6, 6.07) is 18.3. The van der Waals surface area contributed by atoms with Gasteiger partial charge in [-0.3, -0.25) is 9.59 Å². The van der Waals surface area contributed by atoms with Crippen LogP contribution in [0.25, 0.3) is 17.0 Å². The molecule has 1 heterocycles. The van der Waals surface area contributed by atoms with Crippen LogP contribution in [0.2, 0.25) is 5.02 Å². The Hall–Kier alpha value is -3.70. The van der Waals surface area contributed by atoms with Gasteiger partial charge in [-0.1, -0.05) is 54.1 Å². The second kappa shape index (κ2) is 8.58. The Morgan fingerprint density at radius 3 is 2.55 bits per heavy atom. The Balaban J connectivity index is 1.70. The number of fused-ring (bicyclic) bond motifs is 1. The number of rotatable bonds is 5. The molecule has 1 aromatic heterocycles. The molecule has 0 saturated heterocycles. The third-order valence-corrected chi connectivity index (χ3v) is 5.15. The van der Waals surface area contributed by atoms with E-state index in [2.05, 4.69) is 5.32 Å². The first-order valence-corrected chi connectivity index (χ1v) is 9.88. The molecule has 0 saturated carbocycles. The first kappa shape index (κ1) is 20.6. The lowest BCUT2D eigenvalue weighted by Crippen LogP contribution is -2.11. The van der Waals surface area contributed by atoms with Crippen molar-refractivity contribution < 1.29 is 18.4 Å². The van der Waals surface area contributed by atoms with E-state index in [9.17, 15) is 14.0 Å². The summed E-state index contributed by atoms with van der Waals surface area (Å²) in [7, 11) is 0. The molecule has 4 nitrogen and oxygen atoms in total. The lowest BCUT2D eigenvalue weighted by molar-refractivity contribution is -0.111. The highest BCUT2D eigenvalue weighted by Gasteiger charge is 2.23. The van der Waals surface area contributed by atoms with Crippen LogP contribution in [0.4, 0.5) is 10.1 Å². The standard InChI is InChI=1S/C25H17ClFNO3/c1-15-10-11-17(14-20(15)27)24(30)25-23(18-7-3-5-9-21(18)31-25)28-22(29)13-12-16-6-2-4-8-19(16)26/h2-14H,1H3,(H,28,29)/b13-12+. The fourth-order valence-corrected chi connectivity index (χ4v) is 3.33. The molecular formula is C25H17ClFNO3. The molecule has 0 aliphatic heterocycles. The zero-order valence-electron chi connectivity index (χ0n) is 16.5. The predicted octanol–water partition coefficient (Wildman–Crippen LogP) is 6.42. The minimum Gasteiger partial charge on any atom is -0.450 e. The number of amides is 1. The molecule has 154 valence electrons. The largest absolute Gasteiger partial charge is 0.450 e. The van der Waals surface area contributed by atoms with E-state index in [1.54, 1.807) is 55.5 Å². The number of aryl methyl sites for hydroxylation is 1. The smallest absolute Gasteiger partial charge is 0.248 e. The molecule has 0 unspecified atom stereocenters. The summed E-state index contributed by atoms with van der Waals surface area (Å²) in [5.74, 6) is -1.55. The van der Waals surface area contributed by atoms with Crippen LogP contribution < -0.4 is 5.32 Å². The number of furan rings is 1. The van der Waals surface area contributed by atoms with Crippen molar-refractivity contribution in [3.05, 3.63) is 106 Å². The molecule has 4 aromatic rings. The van der Waals surface area contributed by atoms with Crippen molar-refractivity contribution in [1.82, 2.24) is 0 Å². The summed E-state index contributed by atoms with van der Waals surface area (Å²) in [5, 5.41) is 3.80. The molecule has 0 spiro atoms. The van der Waals surface area contributed by atoms with Crippen molar-refractivity contribution in [3.8, 4) is 0 Å². The number of anilines is 1. The second-order valence-electron chi connectivity index (χ2n) is 6.94. The van der Waals surface area contributed by atoms with Gasteiger partial charge in [0.2, 0.25) is 11.7 Å². The van der Waals surface area contributed by atoms with Crippen LogP contribution >= 0.6 is 11.6 Å². The molecule has 6 heteroatoms. The second-order valence-corrected chi connectivity index (χ2v) is 7.35. The third-order valence-electron chi connectivity index (χ3n) is 4.80. The summed E-state index contributed by atoms with van der Waals surface area (Å²) in [4.78, 5) is 25.7. The van der Waals surface area contributed by atoms with Crippen LogP contribution in [0.5, 0.6) is 0 Å². The summed E-state index contributed by atoms with van der Waals surface area (Å²) in [5.41, 5.74) is 1.91. The molecule has 0 aliphatic rings. The Bertz CT molecular complexity index is 1340. The third kappa shape index (κ3) is 4.27. The van der Waals surface area contributed by atoms with Crippen LogP contribution in [-0.2, 0) is 4.79 Å². The quantitative estimate of drug-likeness (QED) is 0.292. The number of nitrogens with one attached hydrogen (secondary N) is 1. The molecule has 1 amide bonds. The molecule has 31 heavy (non-hydrogen) atoms. The SMILES string of the molecule is Cc1ccc(C(=O)c2oc3ccccc3c2NC(=O)/C=C/c2ccccc2Cl)cc1F. The van der Waals surface area contributed by atoms with Crippen molar-refractivity contribution >= 4 is 46.0 Å². The summed E-state index contributed by atoms with van der Waals surface area (Å²) in [6.07, 6.45) is 2.90. The number of carbonyl (C=O) groups excluding carboxylic acids is 2. The van der Waals surface area contributed by atoms with Crippen LogP contribution in [0.3, 0.4) is 0 Å². The minimum absolute atomic E-state index is 0.0658. The lowest BCUT2D eigenvalue weighted by atomic mass is 10.0. The fraction of sp³-hybridized carbons (Fsp3) is 0.0400. The van der Waals surface area contributed by atoms with E-state index in [1.165, 1.54) is 18.2 Å². The number of ketones is 1. The van der Waals surface area contributed by atoms with Gasteiger partial charge < -0.3 is 9.73 Å². The van der Waals surface area contributed by atoms with E-state index in [-0.39, 0.29) is 17.0 Å². The molecule has 1 N–H and O–H groups in total. The minimum atomic E-state index is -0.527. The van der Waals surface area contributed by atoms with Crippen molar-refractivity contribution in [1.29, 1.82) is 0 Å².